The molecule has 0 fully saturated rings. The van der Waals surface area contributed by atoms with Crippen LogP contribution in [0.1, 0.15) is 16.7 Å². The highest BCUT2D eigenvalue weighted by molar-refractivity contribution is 5.84. The number of benzene rings is 3. The van der Waals surface area contributed by atoms with Crippen LogP contribution in [0.5, 0.6) is 0 Å². The van der Waals surface area contributed by atoms with Crippen molar-refractivity contribution in [1.82, 2.24) is 10.6 Å². The molecule has 3 nitrogen and oxygen atoms in total. The number of hydrogen-bond acceptors (Lipinski definition) is 2. The van der Waals surface area contributed by atoms with Gasteiger partial charge in [0, 0.05) is 13.1 Å². The first-order chi connectivity index (χ1) is 13.3. The minimum Gasteiger partial charge on any atom is -0.350 e. The van der Waals surface area contributed by atoms with Crippen LogP contribution in [0.2, 0.25) is 0 Å². The molecule has 0 heterocycles. The summed E-state index contributed by atoms with van der Waals surface area (Å²) < 4.78 is 0. The average molecular weight is 356 g/mol. The Balaban J connectivity index is 1.65. The molecule has 136 valence electrons. The van der Waals surface area contributed by atoms with E-state index in [-0.39, 0.29) is 5.91 Å². The fraction of sp³-hybridized carbons (Fsp3) is 0.125. The van der Waals surface area contributed by atoms with Crippen molar-refractivity contribution in [3.8, 4) is 0 Å². The Bertz CT molecular complexity index is 845. The SMILES string of the molecule is O=C(NCc1ccccc1)C(/C=C/c1ccccc1)NCc1ccccc1. The summed E-state index contributed by atoms with van der Waals surface area (Å²) >= 11 is 0. The lowest BCUT2D eigenvalue weighted by molar-refractivity contribution is -0.122. The van der Waals surface area contributed by atoms with Crippen LogP contribution in [0.4, 0.5) is 0 Å². The van der Waals surface area contributed by atoms with E-state index in [9.17, 15) is 4.79 Å². The molecule has 1 atom stereocenters. The Morgan fingerprint density at radius 2 is 1.26 bits per heavy atom. The molecule has 2 N–H and O–H groups in total. The molecular weight excluding hydrogens is 332 g/mol. The third kappa shape index (κ3) is 6.24. The Hall–Kier alpha value is -3.17. The molecule has 3 aromatic carbocycles. The predicted molar refractivity (Wildman–Crippen MR) is 111 cm³/mol. The highest BCUT2D eigenvalue weighted by Gasteiger charge is 2.14. The Kier molecular flexibility index (Phi) is 6.96. The molecule has 0 aliphatic heterocycles. The second kappa shape index (κ2) is 10.1. The van der Waals surface area contributed by atoms with E-state index in [1.54, 1.807) is 0 Å². The van der Waals surface area contributed by atoms with Gasteiger partial charge in [0.25, 0.3) is 0 Å². The van der Waals surface area contributed by atoms with E-state index < -0.39 is 6.04 Å². The van der Waals surface area contributed by atoms with Gasteiger partial charge in [-0.3, -0.25) is 10.1 Å². The van der Waals surface area contributed by atoms with Gasteiger partial charge in [-0.15, -0.1) is 0 Å². The Labute approximate surface area is 160 Å². The van der Waals surface area contributed by atoms with E-state index in [1.165, 1.54) is 0 Å². The fourth-order valence-electron chi connectivity index (χ4n) is 2.74. The minimum absolute atomic E-state index is 0.0398. The largest absolute Gasteiger partial charge is 0.350 e. The highest BCUT2D eigenvalue weighted by Crippen LogP contribution is 2.05. The summed E-state index contributed by atoms with van der Waals surface area (Å²) in [7, 11) is 0. The van der Waals surface area contributed by atoms with Crippen LogP contribution >= 0.6 is 0 Å². The summed E-state index contributed by atoms with van der Waals surface area (Å²) in [5.74, 6) is -0.0398. The number of carbonyl (C=O) groups is 1. The molecular formula is C24H24N2O. The zero-order valence-electron chi connectivity index (χ0n) is 15.2. The molecule has 3 heteroatoms. The lowest BCUT2D eigenvalue weighted by atomic mass is 10.1. The van der Waals surface area contributed by atoms with Crippen molar-refractivity contribution in [3.63, 3.8) is 0 Å². The van der Waals surface area contributed by atoms with Gasteiger partial charge in [-0.25, -0.2) is 0 Å². The van der Waals surface area contributed by atoms with Crippen LogP contribution in [0.3, 0.4) is 0 Å². The second-order valence-electron chi connectivity index (χ2n) is 6.32. The van der Waals surface area contributed by atoms with Gasteiger partial charge < -0.3 is 5.32 Å². The van der Waals surface area contributed by atoms with Gasteiger partial charge in [-0.2, -0.15) is 0 Å². The molecule has 27 heavy (non-hydrogen) atoms. The zero-order valence-corrected chi connectivity index (χ0v) is 15.2. The lowest BCUT2D eigenvalue weighted by Gasteiger charge is -2.15. The maximum absolute atomic E-state index is 12.7. The molecule has 3 aromatic rings. The molecule has 0 bridgehead atoms. The van der Waals surface area contributed by atoms with Crippen molar-refractivity contribution in [2.45, 2.75) is 19.1 Å². The van der Waals surface area contributed by atoms with E-state index in [0.717, 1.165) is 16.7 Å². The van der Waals surface area contributed by atoms with Gasteiger partial charge in [-0.05, 0) is 16.7 Å². The van der Waals surface area contributed by atoms with E-state index in [2.05, 4.69) is 10.6 Å². The lowest BCUT2D eigenvalue weighted by Crippen LogP contribution is -2.42. The summed E-state index contributed by atoms with van der Waals surface area (Å²) in [5.41, 5.74) is 3.30. The molecule has 3 rings (SSSR count). The van der Waals surface area contributed by atoms with Gasteiger partial charge in [0.2, 0.25) is 5.91 Å². The Morgan fingerprint density at radius 3 is 1.85 bits per heavy atom. The first-order valence-corrected chi connectivity index (χ1v) is 9.13. The summed E-state index contributed by atoms with van der Waals surface area (Å²) in [6.07, 6.45) is 3.89. The van der Waals surface area contributed by atoms with Crippen molar-refractivity contribution in [3.05, 3.63) is 114 Å². The molecule has 0 saturated carbocycles. The number of nitrogens with one attached hydrogen (secondary N) is 2. The van der Waals surface area contributed by atoms with Gasteiger partial charge in [-0.1, -0.05) is 103 Å². The molecule has 1 amide bonds. The molecule has 0 aliphatic rings. The maximum Gasteiger partial charge on any atom is 0.241 e. The van der Waals surface area contributed by atoms with Crippen LogP contribution < -0.4 is 10.6 Å². The van der Waals surface area contributed by atoms with Gasteiger partial charge >= 0.3 is 0 Å². The van der Waals surface area contributed by atoms with Crippen LogP contribution in [-0.4, -0.2) is 11.9 Å². The van der Waals surface area contributed by atoms with Crippen molar-refractivity contribution in [2.24, 2.45) is 0 Å². The molecule has 0 saturated heterocycles. The summed E-state index contributed by atoms with van der Waals surface area (Å²) in [4.78, 5) is 12.7. The first-order valence-electron chi connectivity index (χ1n) is 9.13. The average Bonchev–Trinajstić information content (AvgIpc) is 2.74. The fourth-order valence-corrected chi connectivity index (χ4v) is 2.74. The third-order valence-electron chi connectivity index (χ3n) is 4.24. The molecule has 0 aliphatic carbocycles. The smallest absolute Gasteiger partial charge is 0.241 e. The van der Waals surface area contributed by atoms with Crippen LogP contribution in [0.15, 0.2) is 97.1 Å². The van der Waals surface area contributed by atoms with Crippen molar-refractivity contribution in [2.75, 3.05) is 0 Å². The first kappa shape index (κ1) is 18.6. The molecule has 0 radical (unpaired) electrons. The standard InChI is InChI=1S/C24H24N2O/c27-24(26-19-22-14-8-3-9-15-22)23(17-16-20-10-4-1-5-11-20)25-18-21-12-6-2-7-13-21/h1-17,23,25H,18-19H2,(H,26,27)/b17-16+. The minimum atomic E-state index is -0.408. The van der Waals surface area contributed by atoms with Crippen LogP contribution in [0.25, 0.3) is 6.08 Å². The van der Waals surface area contributed by atoms with E-state index >= 15 is 0 Å². The zero-order chi connectivity index (χ0) is 18.7. The molecule has 1 unspecified atom stereocenters. The Morgan fingerprint density at radius 1 is 0.741 bits per heavy atom. The molecule has 0 spiro atoms. The summed E-state index contributed by atoms with van der Waals surface area (Å²) in [6.45, 7) is 1.14. The second-order valence-corrected chi connectivity index (χ2v) is 6.32. The maximum atomic E-state index is 12.7. The summed E-state index contributed by atoms with van der Waals surface area (Å²) in [6, 6.07) is 29.6. The van der Waals surface area contributed by atoms with E-state index in [4.69, 9.17) is 0 Å². The summed E-state index contributed by atoms with van der Waals surface area (Å²) in [5, 5.41) is 6.36. The van der Waals surface area contributed by atoms with Gasteiger partial charge in [0.15, 0.2) is 0 Å². The monoisotopic (exact) mass is 356 g/mol. The van der Waals surface area contributed by atoms with E-state index in [1.807, 2.05) is 103 Å². The number of amides is 1. The topological polar surface area (TPSA) is 41.1 Å². The van der Waals surface area contributed by atoms with Crippen molar-refractivity contribution in [1.29, 1.82) is 0 Å². The van der Waals surface area contributed by atoms with Gasteiger partial charge in [0.05, 0.1) is 0 Å². The van der Waals surface area contributed by atoms with E-state index in [0.29, 0.717) is 13.1 Å². The number of rotatable bonds is 8. The van der Waals surface area contributed by atoms with Gasteiger partial charge in [0.1, 0.15) is 6.04 Å². The quantitative estimate of drug-likeness (QED) is 0.636. The number of carbonyl (C=O) groups excluding carboxylic acids is 1. The van der Waals surface area contributed by atoms with Crippen LogP contribution in [0, 0.1) is 0 Å². The number of hydrogen-bond donors (Lipinski definition) is 2. The normalized spacial score (nSPS) is 12.0. The highest BCUT2D eigenvalue weighted by atomic mass is 16.2. The molecule has 0 aromatic heterocycles. The van der Waals surface area contributed by atoms with Crippen molar-refractivity contribution >= 4 is 12.0 Å². The third-order valence-corrected chi connectivity index (χ3v) is 4.24. The van der Waals surface area contributed by atoms with Crippen molar-refractivity contribution < 1.29 is 4.79 Å². The van der Waals surface area contributed by atoms with Crippen LogP contribution in [-0.2, 0) is 17.9 Å². The predicted octanol–water partition coefficient (Wildman–Crippen LogP) is 4.17.